The van der Waals surface area contributed by atoms with E-state index < -0.39 is 5.92 Å². The molecule has 1 aliphatic heterocycles. The minimum absolute atomic E-state index is 0.00113. The van der Waals surface area contributed by atoms with E-state index in [2.05, 4.69) is 16.7 Å². The van der Waals surface area contributed by atoms with Gasteiger partial charge in [-0.15, -0.1) is 0 Å². The molecular weight excluding hydrogens is 477 g/mol. The van der Waals surface area contributed by atoms with E-state index in [0.717, 1.165) is 23.4 Å². The predicted octanol–water partition coefficient (Wildman–Crippen LogP) is 6.10. The minimum Gasteiger partial charge on any atom is -0.352 e. The average Bonchev–Trinajstić information content (AvgIpc) is 2.79. The maximum atomic E-state index is 12.9. The molecule has 0 aromatic heterocycles. The lowest BCUT2D eigenvalue weighted by Gasteiger charge is -2.33. The van der Waals surface area contributed by atoms with Gasteiger partial charge in [0.1, 0.15) is 0 Å². The zero-order chi connectivity index (χ0) is 23.5. The Balaban J connectivity index is 1.65. The fourth-order valence-electron chi connectivity index (χ4n) is 4.15. The van der Waals surface area contributed by atoms with Crippen molar-refractivity contribution in [3.05, 3.63) is 85.5 Å². The number of hydrogen-bond donors (Lipinski definition) is 2. The molecule has 33 heavy (non-hydrogen) atoms. The number of anilines is 1. The lowest BCUT2D eigenvalue weighted by molar-refractivity contribution is -0.116. The second-order valence-corrected chi connectivity index (χ2v) is 9.70. The van der Waals surface area contributed by atoms with Crippen molar-refractivity contribution in [2.24, 2.45) is 0 Å². The van der Waals surface area contributed by atoms with Crippen LogP contribution in [0.5, 0.6) is 0 Å². The maximum absolute atomic E-state index is 12.9. The van der Waals surface area contributed by atoms with E-state index >= 15 is 0 Å². The van der Waals surface area contributed by atoms with Gasteiger partial charge in [0.05, 0.1) is 38.4 Å². The zero-order valence-electron chi connectivity index (χ0n) is 17.9. The van der Waals surface area contributed by atoms with Gasteiger partial charge in [-0.25, -0.2) is 0 Å². The highest BCUT2D eigenvalue weighted by molar-refractivity contribution is 8.03. The summed E-state index contributed by atoms with van der Waals surface area (Å²) < 4.78 is 0. The van der Waals surface area contributed by atoms with Crippen LogP contribution in [0.1, 0.15) is 36.3 Å². The van der Waals surface area contributed by atoms with Crippen molar-refractivity contribution in [1.82, 2.24) is 5.32 Å². The van der Waals surface area contributed by atoms with Crippen LogP contribution < -0.4 is 10.6 Å². The van der Waals surface area contributed by atoms with Crippen LogP contribution in [-0.2, 0) is 9.59 Å². The van der Waals surface area contributed by atoms with Gasteiger partial charge in [0.15, 0.2) is 5.78 Å². The minimum atomic E-state index is -0.618. The van der Waals surface area contributed by atoms with Crippen LogP contribution in [0, 0.1) is 18.3 Å². The highest BCUT2D eigenvalue weighted by Gasteiger charge is 2.38. The van der Waals surface area contributed by atoms with Crippen LogP contribution in [0.15, 0.2) is 64.3 Å². The van der Waals surface area contributed by atoms with E-state index in [0.29, 0.717) is 44.6 Å². The summed E-state index contributed by atoms with van der Waals surface area (Å²) in [5, 5.41) is 17.5. The van der Waals surface area contributed by atoms with Gasteiger partial charge in [0, 0.05) is 23.4 Å². The van der Waals surface area contributed by atoms with E-state index in [1.165, 1.54) is 11.8 Å². The Labute approximate surface area is 206 Å². The van der Waals surface area contributed by atoms with Gasteiger partial charge >= 0.3 is 0 Å². The number of hydrogen-bond acceptors (Lipinski definition) is 5. The van der Waals surface area contributed by atoms with E-state index in [9.17, 15) is 14.9 Å². The lowest BCUT2D eigenvalue weighted by atomic mass is 9.77. The summed E-state index contributed by atoms with van der Waals surface area (Å²) in [4.78, 5) is 25.5. The first kappa shape index (κ1) is 23.4. The monoisotopic (exact) mass is 497 g/mol. The summed E-state index contributed by atoms with van der Waals surface area (Å²) in [5.41, 5.74) is 4.10. The molecule has 168 valence electrons. The number of aryl methyl sites for hydroxylation is 1. The normalized spacial score (nSPS) is 17.9. The van der Waals surface area contributed by atoms with Gasteiger partial charge in [-0.3, -0.25) is 9.59 Å². The molecule has 2 aliphatic rings. The van der Waals surface area contributed by atoms with Gasteiger partial charge in [-0.2, -0.15) is 5.26 Å². The third-order valence-electron chi connectivity index (χ3n) is 5.60. The summed E-state index contributed by atoms with van der Waals surface area (Å²) in [7, 11) is 0. The van der Waals surface area contributed by atoms with E-state index in [4.69, 9.17) is 23.2 Å². The Bertz CT molecular complexity index is 1250. The predicted molar refractivity (Wildman–Crippen MR) is 133 cm³/mol. The van der Waals surface area contributed by atoms with Gasteiger partial charge in [-0.05, 0) is 49.1 Å². The zero-order valence-corrected chi connectivity index (χ0v) is 20.2. The van der Waals surface area contributed by atoms with Crippen molar-refractivity contribution in [3.63, 3.8) is 0 Å². The number of allylic oxidation sites excluding steroid dienone is 3. The molecule has 8 heteroatoms. The first-order valence-electron chi connectivity index (χ1n) is 10.5. The molecule has 0 saturated heterocycles. The maximum Gasteiger partial charge on any atom is 0.234 e. The molecule has 1 heterocycles. The van der Waals surface area contributed by atoms with Crippen LogP contribution in [0.25, 0.3) is 0 Å². The standard InChI is InChI=1S/C25H21Cl2N3O2S/c1-14-5-2-6-15(11-14)29-21(32)13-33-25-17(12-28)22(16-7-3-8-18(26)24(16)27)23-19(30-25)9-4-10-20(23)31/h2-3,5-8,11,22,30H,4,9-10,13H2,1H3,(H,29,32)/t22-/m0/s1. The molecule has 4 rings (SSSR count). The molecule has 2 aromatic rings. The van der Waals surface area contributed by atoms with Crippen LogP contribution in [0.4, 0.5) is 5.69 Å². The number of thioether (sulfide) groups is 1. The Hall–Kier alpha value is -2.72. The van der Waals surface area contributed by atoms with Crippen molar-refractivity contribution >= 4 is 52.3 Å². The van der Waals surface area contributed by atoms with Crippen molar-refractivity contribution in [2.75, 3.05) is 11.1 Å². The summed E-state index contributed by atoms with van der Waals surface area (Å²) in [5.74, 6) is -0.700. The molecule has 0 saturated carbocycles. The van der Waals surface area contributed by atoms with Gasteiger partial charge < -0.3 is 10.6 Å². The SMILES string of the molecule is Cc1cccc(NC(=O)CSC2=C(C#N)[C@H](c3cccc(Cl)c3Cl)C3=C(CCCC3=O)N2)c1. The third kappa shape index (κ3) is 4.96. The van der Waals surface area contributed by atoms with E-state index in [1.807, 2.05) is 31.2 Å². The Kier molecular flexibility index (Phi) is 7.14. The first-order valence-corrected chi connectivity index (χ1v) is 12.2. The number of carbonyl (C=O) groups is 2. The van der Waals surface area contributed by atoms with Crippen LogP contribution in [-0.4, -0.2) is 17.4 Å². The topological polar surface area (TPSA) is 82.0 Å². The number of dihydropyridines is 1. The van der Waals surface area contributed by atoms with E-state index in [1.54, 1.807) is 18.2 Å². The number of ketones is 1. The molecule has 0 bridgehead atoms. The number of amides is 1. The van der Waals surface area contributed by atoms with Gasteiger partial charge in [-0.1, -0.05) is 59.2 Å². The molecule has 0 radical (unpaired) electrons. The molecule has 1 amide bonds. The quantitative estimate of drug-likeness (QED) is 0.521. The molecule has 1 aliphatic carbocycles. The average molecular weight is 498 g/mol. The number of benzene rings is 2. The van der Waals surface area contributed by atoms with Crippen molar-refractivity contribution in [2.45, 2.75) is 32.1 Å². The summed E-state index contributed by atoms with van der Waals surface area (Å²) in [6.07, 6.45) is 1.84. The molecule has 2 N–H and O–H groups in total. The molecule has 1 atom stereocenters. The number of halogens is 2. The molecular formula is C25H21Cl2N3O2S. The van der Waals surface area contributed by atoms with Crippen molar-refractivity contribution in [1.29, 1.82) is 5.26 Å². The van der Waals surface area contributed by atoms with Crippen LogP contribution in [0.2, 0.25) is 10.0 Å². The fraction of sp³-hybridized carbons (Fsp3) is 0.240. The molecule has 0 unspecified atom stereocenters. The van der Waals surface area contributed by atoms with E-state index in [-0.39, 0.29) is 17.4 Å². The highest BCUT2D eigenvalue weighted by Crippen LogP contribution is 2.46. The number of nitrogens with zero attached hydrogens (tertiary/aromatic N) is 1. The van der Waals surface area contributed by atoms with Crippen molar-refractivity contribution < 1.29 is 9.59 Å². The molecule has 5 nitrogen and oxygen atoms in total. The smallest absolute Gasteiger partial charge is 0.234 e. The fourth-order valence-corrected chi connectivity index (χ4v) is 5.43. The number of nitrogens with one attached hydrogen (secondary N) is 2. The van der Waals surface area contributed by atoms with Crippen LogP contribution >= 0.6 is 35.0 Å². The second kappa shape index (κ2) is 10.0. The van der Waals surface area contributed by atoms with Gasteiger partial charge in [0.2, 0.25) is 5.91 Å². The Morgan fingerprint density at radius 1 is 1.24 bits per heavy atom. The first-order chi connectivity index (χ1) is 15.9. The molecule has 0 spiro atoms. The largest absolute Gasteiger partial charge is 0.352 e. The number of nitriles is 1. The number of Topliss-reactive ketones (excluding diaryl/α,β-unsaturated/α-hetero) is 1. The van der Waals surface area contributed by atoms with Gasteiger partial charge in [0.25, 0.3) is 0 Å². The number of carbonyl (C=O) groups excluding carboxylic acids is 2. The summed E-state index contributed by atoms with van der Waals surface area (Å²) in [6.45, 7) is 1.96. The van der Waals surface area contributed by atoms with Crippen LogP contribution in [0.3, 0.4) is 0 Å². The molecule has 0 fully saturated rings. The molecule has 2 aromatic carbocycles. The van der Waals surface area contributed by atoms with Crippen molar-refractivity contribution in [3.8, 4) is 6.07 Å². The number of rotatable bonds is 5. The summed E-state index contributed by atoms with van der Waals surface area (Å²) >= 11 is 14.0. The Morgan fingerprint density at radius 2 is 2.03 bits per heavy atom. The summed E-state index contributed by atoms with van der Waals surface area (Å²) in [6, 6.07) is 15.0. The second-order valence-electron chi connectivity index (χ2n) is 7.93. The highest BCUT2D eigenvalue weighted by atomic mass is 35.5. The lowest BCUT2D eigenvalue weighted by Crippen LogP contribution is -2.32. The third-order valence-corrected chi connectivity index (χ3v) is 7.46. The Morgan fingerprint density at radius 3 is 2.79 bits per heavy atom.